The number of rotatable bonds is 5. The fraction of sp³-hybridized carbons (Fsp3) is 0.588. The van der Waals surface area contributed by atoms with E-state index in [1.54, 1.807) is 6.92 Å². The van der Waals surface area contributed by atoms with Crippen LogP contribution in [0.3, 0.4) is 0 Å². The van der Waals surface area contributed by atoms with Crippen molar-refractivity contribution < 1.29 is 9.53 Å². The lowest BCUT2D eigenvalue weighted by atomic mass is 10.1. The highest BCUT2D eigenvalue weighted by molar-refractivity contribution is 5.96. The molecule has 0 N–H and O–H groups in total. The summed E-state index contributed by atoms with van der Waals surface area (Å²) in [5.41, 5.74) is 0.681. The van der Waals surface area contributed by atoms with E-state index < -0.39 is 0 Å². The van der Waals surface area contributed by atoms with Crippen LogP contribution in [0.5, 0.6) is 5.75 Å². The maximum Gasteiger partial charge on any atom is 0.163 e. The number of para-hydroxylation sites is 1. The molecule has 1 aromatic carbocycles. The van der Waals surface area contributed by atoms with Crippen molar-refractivity contribution in [1.82, 2.24) is 4.90 Å². The fourth-order valence-corrected chi connectivity index (χ4v) is 2.70. The minimum absolute atomic E-state index is 0.0619. The third-order valence-electron chi connectivity index (χ3n) is 3.88. The van der Waals surface area contributed by atoms with Crippen molar-refractivity contribution in [2.24, 2.45) is 0 Å². The van der Waals surface area contributed by atoms with Gasteiger partial charge in [-0.1, -0.05) is 31.4 Å². The maximum absolute atomic E-state index is 11.5. The van der Waals surface area contributed by atoms with Gasteiger partial charge in [-0.2, -0.15) is 0 Å². The molecule has 0 amide bonds. The van der Waals surface area contributed by atoms with Crippen LogP contribution in [0.15, 0.2) is 24.3 Å². The Hall–Kier alpha value is -1.35. The first kappa shape index (κ1) is 15.0. The number of carbonyl (C=O) groups is 1. The number of carbonyl (C=O) groups excluding carboxylic acids is 1. The summed E-state index contributed by atoms with van der Waals surface area (Å²) >= 11 is 0. The van der Waals surface area contributed by atoms with Crippen LogP contribution < -0.4 is 4.74 Å². The zero-order valence-electron chi connectivity index (χ0n) is 12.4. The summed E-state index contributed by atoms with van der Waals surface area (Å²) in [6.45, 7) is 5.55. The van der Waals surface area contributed by atoms with Gasteiger partial charge in [0.2, 0.25) is 0 Å². The zero-order chi connectivity index (χ0) is 14.2. The highest BCUT2D eigenvalue weighted by Gasteiger charge is 2.10. The SMILES string of the molecule is CC(=O)c1ccccc1OCCN1CCCCCCC1. The van der Waals surface area contributed by atoms with Crippen LogP contribution in [0.1, 0.15) is 49.4 Å². The molecule has 0 radical (unpaired) electrons. The number of ketones is 1. The minimum Gasteiger partial charge on any atom is -0.491 e. The van der Waals surface area contributed by atoms with Crippen LogP contribution in [0.4, 0.5) is 0 Å². The molecule has 3 heteroatoms. The van der Waals surface area contributed by atoms with E-state index in [1.807, 2.05) is 24.3 Å². The van der Waals surface area contributed by atoms with Crippen LogP contribution in [-0.2, 0) is 0 Å². The number of hydrogen-bond acceptors (Lipinski definition) is 3. The largest absolute Gasteiger partial charge is 0.491 e. The maximum atomic E-state index is 11.5. The van der Waals surface area contributed by atoms with Gasteiger partial charge in [-0.25, -0.2) is 0 Å². The molecule has 110 valence electrons. The van der Waals surface area contributed by atoms with Crippen LogP contribution in [0, 0.1) is 0 Å². The molecule has 0 unspecified atom stereocenters. The average molecular weight is 275 g/mol. The molecular formula is C17H25NO2. The molecule has 1 aromatic rings. The van der Waals surface area contributed by atoms with E-state index in [-0.39, 0.29) is 5.78 Å². The Bertz CT molecular complexity index is 423. The van der Waals surface area contributed by atoms with Crippen LogP contribution >= 0.6 is 0 Å². The van der Waals surface area contributed by atoms with E-state index in [9.17, 15) is 4.79 Å². The molecule has 1 saturated heterocycles. The van der Waals surface area contributed by atoms with Gasteiger partial charge in [-0.05, 0) is 45.0 Å². The first-order chi connectivity index (χ1) is 9.77. The minimum atomic E-state index is 0.0619. The van der Waals surface area contributed by atoms with E-state index in [4.69, 9.17) is 4.74 Å². The van der Waals surface area contributed by atoms with Crippen LogP contribution in [0.2, 0.25) is 0 Å². The number of likely N-dealkylation sites (tertiary alicyclic amines) is 1. The van der Waals surface area contributed by atoms with Gasteiger partial charge in [0.15, 0.2) is 5.78 Å². The monoisotopic (exact) mass is 275 g/mol. The number of benzene rings is 1. The van der Waals surface area contributed by atoms with E-state index >= 15 is 0 Å². The van der Waals surface area contributed by atoms with Gasteiger partial charge >= 0.3 is 0 Å². The van der Waals surface area contributed by atoms with Gasteiger partial charge in [-0.15, -0.1) is 0 Å². The topological polar surface area (TPSA) is 29.5 Å². The quantitative estimate of drug-likeness (QED) is 0.770. The molecule has 0 aliphatic carbocycles. The molecule has 1 aliphatic rings. The highest BCUT2D eigenvalue weighted by atomic mass is 16.5. The van der Waals surface area contributed by atoms with Crippen molar-refractivity contribution in [3.05, 3.63) is 29.8 Å². The Kier molecular flexibility index (Phi) is 6.06. The van der Waals surface area contributed by atoms with Gasteiger partial charge in [0.25, 0.3) is 0 Å². The Morgan fingerprint density at radius 1 is 1.10 bits per heavy atom. The first-order valence-electron chi connectivity index (χ1n) is 7.72. The summed E-state index contributed by atoms with van der Waals surface area (Å²) < 4.78 is 5.81. The van der Waals surface area contributed by atoms with Crippen molar-refractivity contribution in [2.75, 3.05) is 26.2 Å². The number of hydrogen-bond donors (Lipinski definition) is 0. The van der Waals surface area contributed by atoms with Crippen molar-refractivity contribution in [3.8, 4) is 5.75 Å². The standard InChI is InChI=1S/C17H25NO2/c1-15(19)16-9-5-6-10-17(16)20-14-13-18-11-7-3-2-4-8-12-18/h5-6,9-10H,2-4,7-8,11-14H2,1H3. The van der Waals surface area contributed by atoms with E-state index in [1.165, 1.54) is 45.2 Å². The Morgan fingerprint density at radius 2 is 1.75 bits per heavy atom. The van der Waals surface area contributed by atoms with Crippen LogP contribution in [0.25, 0.3) is 0 Å². The lowest BCUT2D eigenvalue weighted by Crippen LogP contribution is -2.31. The smallest absolute Gasteiger partial charge is 0.163 e. The van der Waals surface area contributed by atoms with Crippen molar-refractivity contribution in [2.45, 2.75) is 39.0 Å². The van der Waals surface area contributed by atoms with Gasteiger partial charge in [0.1, 0.15) is 12.4 Å². The third-order valence-corrected chi connectivity index (χ3v) is 3.88. The lowest BCUT2D eigenvalue weighted by Gasteiger charge is -2.24. The summed E-state index contributed by atoms with van der Waals surface area (Å²) in [6, 6.07) is 7.50. The van der Waals surface area contributed by atoms with Gasteiger partial charge in [0, 0.05) is 6.54 Å². The predicted octanol–water partition coefficient (Wildman–Crippen LogP) is 3.53. The zero-order valence-corrected chi connectivity index (χ0v) is 12.4. The molecule has 0 aromatic heterocycles. The number of Topliss-reactive ketones (excluding diaryl/α,β-unsaturated/α-hetero) is 1. The predicted molar refractivity (Wildman–Crippen MR) is 81.5 cm³/mol. The van der Waals surface area contributed by atoms with E-state index in [0.29, 0.717) is 17.9 Å². The first-order valence-corrected chi connectivity index (χ1v) is 7.72. The molecule has 0 bridgehead atoms. The van der Waals surface area contributed by atoms with Crippen molar-refractivity contribution >= 4 is 5.78 Å². The second-order valence-electron chi connectivity index (χ2n) is 5.51. The lowest BCUT2D eigenvalue weighted by molar-refractivity contribution is 0.101. The van der Waals surface area contributed by atoms with Gasteiger partial charge < -0.3 is 4.74 Å². The summed E-state index contributed by atoms with van der Waals surface area (Å²) in [4.78, 5) is 14.0. The highest BCUT2D eigenvalue weighted by Crippen LogP contribution is 2.18. The van der Waals surface area contributed by atoms with E-state index in [0.717, 1.165) is 6.54 Å². The van der Waals surface area contributed by atoms with Gasteiger partial charge in [0.05, 0.1) is 5.56 Å². The van der Waals surface area contributed by atoms with Gasteiger partial charge in [-0.3, -0.25) is 9.69 Å². The molecule has 2 rings (SSSR count). The second-order valence-corrected chi connectivity index (χ2v) is 5.51. The Labute approximate surface area is 121 Å². The molecule has 3 nitrogen and oxygen atoms in total. The molecule has 1 fully saturated rings. The summed E-state index contributed by atoms with van der Waals surface area (Å²) in [5, 5.41) is 0. The van der Waals surface area contributed by atoms with E-state index in [2.05, 4.69) is 4.90 Å². The molecular weight excluding hydrogens is 250 g/mol. The van der Waals surface area contributed by atoms with Crippen molar-refractivity contribution in [3.63, 3.8) is 0 Å². The van der Waals surface area contributed by atoms with Crippen molar-refractivity contribution in [1.29, 1.82) is 0 Å². The fourth-order valence-electron chi connectivity index (χ4n) is 2.70. The Balaban J connectivity index is 1.81. The molecule has 1 heterocycles. The molecule has 20 heavy (non-hydrogen) atoms. The average Bonchev–Trinajstić information content (AvgIpc) is 2.41. The molecule has 0 atom stereocenters. The number of ether oxygens (including phenoxy) is 1. The summed E-state index contributed by atoms with van der Waals surface area (Å²) in [7, 11) is 0. The van der Waals surface area contributed by atoms with Crippen LogP contribution in [-0.4, -0.2) is 36.9 Å². The molecule has 1 aliphatic heterocycles. The third kappa shape index (κ3) is 4.64. The molecule has 0 saturated carbocycles. The normalized spacial score (nSPS) is 17.2. The second kappa shape index (κ2) is 8.05. The Morgan fingerprint density at radius 3 is 2.45 bits per heavy atom. The summed E-state index contributed by atoms with van der Waals surface area (Å²) in [5.74, 6) is 0.777. The molecule has 0 spiro atoms. The number of nitrogens with zero attached hydrogens (tertiary/aromatic N) is 1. The summed E-state index contributed by atoms with van der Waals surface area (Å²) in [6.07, 6.45) is 6.68.